The van der Waals surface area contributed by atoms with Crippen molar-refractivity contribution in [3.8, 4) is 0 Å². The smallest absolute Gasteiger partial charge is 0.0646 e. The fraction of sp³-hybridized carbons (Fsp3) is 0.625. The normalized spacial score (nSPS) is 23.9. The molecule has 0 N–H and O–H groups in total. The quantitative estimate of drug-likeness (QED) is 0.806. The van der Waals surface area contributed by atoms with Gasteiger partial charge < -0.3 is 14.4 Å². The largest absolute Gasteiger partial charge is 0.384 e. The van der Waals surface area contributed by atoms with E-state index < -0.39 is 0 Å². The molecule has 2 rings (SSSR count). The lowest BCUT2D eigenvalue weighted by Crippen LogP contribution is -2.46. The van der Waals surface area contributed by atoms with E-state index in [0.29, 0.717) is 12.0 Å². The Kier molecular flexibility index (Phi) is 6.30. The molecule has 20 heavy (non-hydrogen) atoms. The molecule has 0 radical (unpaired) electrons. The zero-order valence-corrected chi connectivity index (χ0v) is 13.1. The van der Waals surface area contributed by atoms with Crippen LogP contribution in [-0.2, 0) is 15.9 Å². The predicted octanol–water partition coefficient (Wildman–Crippen LogP) is 2.87. The maximum absolute atomic E-state index is 6.02. The van der Waals surface area contributed by atoms with Gasteiger partial charge >= 0.3 is 0 Å². The second-order valence-electron chi connectivity index (χ2n) is 5.46. The summed E-state index contributed by atoms with van der Waals surface area (Å²) in [6.07, 6.45) is 2.45. The van der Waals surface area contributed by atoms with Crippen LogP contribution in [0.3, 0.4) is 0 Å². The molecule has 1 aromatic carbocycles. The van der Waals surface area contributed by atoms with Gasteiger partial charge in [0.1, 0.15) is 0 Å². The summed E-state index contributed by atoms with van der Waals surface area (Å²) in [5, 5.41) is 0.817. The van der Waals surface area contributed by atoms with Crippen LogP contribution in [0.4, 0.5) is 0 Å². The van der Waals surface area contributed by atoms with E-state index in [2.05, 4.69) is 17.0 Å². The van der Waals surface area contributed by atoms with Gasteiger partial charge in [0.05, 0.1) is 12.7 Å². The minimum absolute atomic E-state index is 0.331. The Bertz CT molecular complexity index is 413. The van der Waals surface area contributed by atoms with Crippen LogP contribution in [0.15, 0.2) is 24.3 Å². The second kappa shape index (κ2) is 7.99. The Morgan fingerprint density at radius 3 is 2.90 bits per heavy atom. The van der Waals surface area contributed by atoms with E-state index in [1.807, 2.05) is 12.1 Å². The SMILES string of the molecule is COCC1CN(CCc2cccc(Cl)c2)CCC1OC. The third-order valence-electron chi connectivity index (χ3n) is 4.04. The van der Waals surface area contributed by atoms with Crippen molar-refractivity contribution in [1.82, 2.24) is 4.90 Å². The van der Waals surface area contributed by atoms with Crippen LogP contribution in [0, 0.1) is 5.92 Å². The number of benzene rings is 1. The van der Waals surface area contributed by atoms with Gasteiger partial charge in [-0.25, -0.2) is 0 Å². The Hall–Kier alpha value is -0.610. The van der Waals surface area contributed by atoms with Crippen molar-refractivity contribution in [2.75, 3.05) is 40.5 Å². The fourth-order valence-electron chi connectivity index (χ4n) is 2.95. The number of hydrogen-bond donors (Lipinski definition) is 0. The molecule has 0 amide bonds. The molecule has 3 nitrogen and oxygen atoms in total. The number of piperidine rings is 1. The number of hydrogen-bond acceptors (Lipinski definition) is 3. The molecule has 2 unspecified atom stereocenters. The summed E-state index contributed by atoms with van der Waals surface area (Å²) in [5.41, 5.74) is 1.30. The van der Waals surface area contributed by atoms with Crippen LogP contribution >= 0.6 is 11.6 Å². The van der Waals surface area contributed by atoms with Gasteiger partial charge in [-0.05, 0) is 30.5 Å². The molecule has 1 aliphatic heterocycles. The van der Waals surface area contributed by atoms with E-state index in [4.69, 9.17) is 21.1 Å². The predicted molar refractivity (Wildman–Crippen MR) is 82.4 cm³/mol. The summed E-state index contributed by atoms with van der Waals surface area (Å²) in [7, 11) is 3.56. The summed E-state index contributed by atoms with van der Waals surface area (Å²) in [4.78, 5) is 2.50. The first-order valence-corrected chi connectivity index (χ1v) is 7.59. The Morgan fingerprint density at radius 2 is 2.20 bits per heavy atom. The molecule has 0 spiro atoms. The highest BCUT2D eigenvalue weighted by atomic mass is 35.5. The van der Waals surface area contributed by atoms with Gasteiger partial charge in [-0.1, -0.05) is 23.7 Å². The Balaban J connectivity index is 1.84. The summed E-state index contributed by atoms with van der Waals surface area (Å²) < 4.78 is 10.9. The molecule has 0 saturated carbocycles. The highest BCUT2D eigenvalue weighted by Gasteiger charge is 2.28. The molecule has 1 saturated heterocycles. The highest BCUT2D eigenvalue weighted by molar-refractivity contribution is 6.30. The van der Waals surface area contributed by atoms with Gasteiger partial charge in [0, 0.05) is 44.8 Å². The topological polar surface area (TPSA) is 21.7 Å². The third-order valence-corrected chi connectivity index (χ3v) is 4.27. The van der Waals surface area contributed by atoms with Gasteiger partial charge in [-0.15, -0.1) is 0 Å². The van der Waals surface area contributed by atoms with Gasteiger partial charge in [-0.2, -0.15) is 0 Å². The van der Waals surface area contributed by atoms with Crippen molar-refractivity contribution in [2.45, 2.75) is 18.9 Å². The first kappa shape index (κ1) is 15.8. The summed E-state index contributed by atoms with van der Waals surface area (Å²) in [6, 6.07) is 8.13. The van der Waals surface area contributed by atoms with Crippen molar-refractivity contribution >= 4 is 11.6 Å². The molecule has 1 heterocycles. The Morgan fingerprint density at radius 1 is 1.35 bits per heavy atom. The second-order valence-corrected chi connectivity index (χ2v) is 5.90. The molecule has 1 fully saturated rings. The molecule has 2 atom stereocenters. The number of halogens is 1. The molecule has 1 aliphatic rings. The minimum Gasteiger partial charge on any atom is -0.384 e. The monoisotopic (exact) mass is 297 g/mol. The van der Waals surface area contributed by atoms with Gasteiger partial charge in [0.15, 0.2) is 0 Å². The van der Waals surface area contributed by atoms with E-state index >= 15 is 0 Å². The number of nitrogens with zero attached hydrogens (tertiary/aromatic N) is 1. The number of methoxy groups -OCH3 is 2. The lowest BCUT2D eigenvalue weighted by Gasteiger charge is -2.37. The average molecular weight is 298 g/mol. The first-order chi connectivity index (χ1) is 9.72. The maximum atomic E-state index is 6.02. The number of rotatable bonds is 6. The van der Waals surface area contributed by atoms with Gasteiger partial charge in [-0.3, -0.25) is 0 Å². The zero-order valence-electron chi connectivity index (χ0n) is 12.3. The van der Waals surface area contributed by atoms with E-state index in [-0.39, 0.29) is 0 Å². The molecule has 0 aromatic heterocycles. The van der Waals surface area contributed by atoms with Gasteiger partial charge in [0.2, 0.25) is 0 Å². The molecule has 4 heteroatoms. The average Bonchev–Trinajstić information content (AvgIpc) is 2.46. The van der Waals surface area contributed by atoms with Crippen molar-refractivity contribution in [3.05, 3.63) is 34.9 Å². The lowest BCUT2D eigenvalue weighted by molar-refractivity contribution is -0.0343. The van der Waals surface area contributed by atoms with Crippen LogP contribution in [0.5, 0.6) is 0 Å². The van der Waals surface area contributed by atoms with E-state index in [1.165, 1.54) is 5.56 Å². The summed E-state index contributed by atoms with van der Waals surface area (Å²) in [6.45, 7) is 3.98. The van der Waals surface area contributed by atoms with Crippen molar-refractivity contribution in [2.24, 2.45) is 5.92 Å². The van der Waals surface area contributed by atoms with Gasteiger partial charge in [0.25, 0.3) is 0 Å². The molecular formula is C16H24ClNO2. The highest BCUT2D eigenvalue weighted by Crippen LogP contribution is 2.20. The summed E-state index contributed by atoms with van der Waals surface area (Å²) in [5.74, 6) is 0.470. The van der Waals surface area contributed by atoms with Crippen LogP contribution in [0.25, 0.3) is 0 Å². The first-order valence-electron chi connectivity index (χ1n) is 7.21. The molecule has 0 aliphatic carbocycles. The lowest BCUT2D eigenvalue weighted by atomic mass is 9.95. The van der Waals surface area contributed by atoms with Crippen molar-refractivity contribution < 1.29 is 9.47 Å². The number of likely N-dealkylation sites (tertiary alicyclic amines) is 1. The number of ether oxygens (including phenoxy) is 2. The minimum atomic E-state index is 0.331. The summed E-state index contributed by atoms with van der Waals surface area (Å²) >= 11 is 6.02. The maximum Gasteiger partial charge on any atom is 0.0646 e. The van der Waals surface area contributed by atoms with Crippen LogP contribution < -0.4 is 0 Å². The molecule has 0 bridgehead atoms. The van der Waals surface area contributed by atoms with Crippen molar-refractivity contribution in [3.63, 3.8) is 0 Å². The standard InChI is InChI=1S/C16H24ClNO2/c1-19-12-14-11-18(9-7-16(14)20-2)8-6-13-4-3-5-15(17)10-13/h3-5,10,14,16H,6-9,11-12H2,1-2H3. The van der Waals surface area contributed by atoms with Crippen LogP contribution in [0.1, 0.15) is 12.0 Å². The van der Waals surface area contributed by atoms with E-state index in [9.17, 15) is 0 Å². The third kappa shape index (κ3) is 4.45. The fourth-order valence-corrected chi connectivity index (χ4v) is 3.17. The molecular weight excluding hydrogens is 274 g/mol. The molecule has 1 aromatic rings. The van der Waals surface area contributed by atoms with Crippen molar-refractivity contribution in [1.29, 1.82) is 0 Å². The Labute approximate surface area is 126 Å². The molecule has 112 valence electrons. The zero-order chi connectivity index (χ0) is 14.4. The van der Waals surface area contributed by atoms with E-state index in [1.54, 1.807) is 14.2 Å². The van der Waals surface area contributed by atoms with Crippen LogP contribution in [0.2, 0.25) is 5.02 Å². The van der Waals surface area contributed by atoms with Crippen LogP contribution in [-0.4, -0.2) is 51.5 Å². The van der Waals surface area contributed by atoms with E-state index in [0.717, 1.165) is 44.1 Å².